The largest absolute Gasteiger partial charge is 0.378 e. The van der Waals surface area contributed by atoms with Crippen molar-refractivity contribution in [2.45, 2.75) is 31.9 Å². The van der Waals surface area contributed by atoms with E-state index < -0.39 is 18.4 Å². The van der Waals surface area contributed by atoms with Gasteiger partial charge in [-0.05, 0) is 43.2 Å². The lowest BCUT2D eigenvalue weighted by atomic mass is 9.96. The number of anilines is 3. The first-order valence-corrected chi connectivity index (χ1v) is 10.1. The fraction of sp³-hybridized carbons (Fsp3) is 0.304. The molecule has 1 amide bonds. The lowest BCUT2D eigenvalue weighted by molar-refractivity contribution is 0.0657. The Kier molecular flexibility index (Phi) is 5.63. The van der Waals surface area contributed by atoms with Crippen LogP contribution in [0.4, 0.5) is 26.0 Å². The number of aromatic nitrogens is 2. The van der Waals surface area contributed by atoms with Crippen molar-refractivity contribution in [3.63, 3.8) is 0 Å². The zero-order chi connectivity index (χ0) is 22.1. The normalized spacial score (nSPS) is 17.7. The van der Waals surface area contributed by atoms with Crippen molar-refractivity contribution in [2.75, 3.05) is 29.6 Å². The topological polar surface area (TPSA) is 62.2 Å². The molecule has 2 aromatic carbocycles. The summed E-state index contributed by atoms with van der Waals surface area (Å²) >= 11 is 0. The average Bonchev–Trinajstić information content (AvgIpc) is 3.18. The second-order valence-corrected chi connectivity index (χ2v) is 7.99. The summed E-state index contributed by atoms with van der Waals surface area (Å²) in [6.07, 6.45) is -1.07. The molecule has 31 heavy (non-hydrogen) atoms. The van der Waals surface area contributed by atoms with Gasteiger partial charge in [0.05, 0.1) is 12.2 Å². The number of hydrogen-bond acceptors (Lipinski definition) is 4. The zero-order valence-electron chi connectivity index (χ0n) is 17.6. The third kappa shape index (κ3) is 4.23. The van der Waals surface area contributed by atoms with Crippen LogP contribution in [-0.4, -0.2) is 36.2 Å². The molecule has 2 N–H and O–H groups in total. The van der Waals surface area contributed by atoms with Crippen LogP contribution in [0.1, 0.15) is 40.0 Å². The van der Waals surface area contributed by atoms with Gasteiger partial charge in [0.25, 0.3) is 12.3 Å². The van der Waals surface area contributed by atoms with Crippen LogP contribution >= 0.6 is 0 Å². The zero-order valence-corrected chi connectivity index (χ0v) is 17.6. The highest BCUT2D eigenvalue weighted by Gasteiger charge is 2.36. The number of benzene rings is 2. The standard InChI is InChI=1S/C23H25F2N5O/c1-14-4-6-15(7-5-14)19-12-20(21(24)25)30-22(28-19)18(13-26-30)23(31)27-16-8-10-17(11-9-16)29(2)3/h4-11,13,19-21,28H,12H2,1-3H3,(H,27,31)/t19-,20-/m0/s1. The van der Waals surface area contributed by atoms with Crippen molar-refractivity contribution in [3.05, 3.63) is 71.4 Å². The van der Waals surface area contributed by atoms with Crippen LogP contribution in [0.2, 0.25) is 0 Å². The van der Waals surface area contributed by atoms with Gasteiger partial charge in [-0.25, -0.2) is 13.5 Å². The van der Waals surface area contributed by atoms with E-state index in [1.54, 1.807) is 12.1 Å². The summed E-state index contributed by atoms with van der Waals surface area (Å²) in [6.45, 7) is 1.97. The summed E-state index contributed by atoms with van der Waals surface area (Å²) in [7, 11) is 3.87. The van der Waals surface area contributed by atoms with Gasteiger partial charge in [0.1, 0.15) is 17.4 Å². The number of nitrogens with zero attached hydrogens (tertiary/aromatic N) is 3. The summed E-state index contributed by atoms with van der Waals surface area (Å²) < 4.78 is 28.9. The number of alkyl halides is 2. The Morgan fingerprint density at radius 2 is 1.84 bits per heavy atom. The molecule has 1 aromatic heterocycles. The molecule has 1 aliphatic rings. The molecule has 4 rings (SSSR count). The van der Waals surface area contributed by atoms with Crippen LogP contribution in [0, 0.1) is 6.92 Å². The molecule has 2 atom stereocenters. The number of carbonyl (C=O) groups is 1. The lowest BCUT2D eigenvalue weighted by Crippen LogP contribution is -2.31. The fourth-order valence-electron chi connectivity index (χ4n) is 3.76. The number of carbonyl (C=O) groups excluding carboxylic acids is 1. The third-order valence-electron chi connectivity index (χ3n) is 5.55. The van der Waals surface area contributed by atoms with Crippen molar-refractivity contribution in [1.29, 1.82) is 0 Å². The van der Waals surface area contributed by atoms with Gasteiger partial charge in [0.2, 0.25) is 0 Å². The molecule has 0 radical (unpaired) electrons. The second-order valence-electron chi connectivity index (χ2n) is 7.99. The molecule has 0 spiro atoms. The Morgan fingerprint density at radius 1 is 1.16 bits per heavy atom. The number of halogens is 2. The molecule has 0 bridgehead atoms. The smallest absolute Gasteiger partial charge is 0.261 e. The lowest BCUT2D eigenvalue weighted by Gasteiger charge is -2.32. The number of amides is 1. The minimum atomic E-state index is -2.59. The van der Waals surface area contributed by atoms with E-state index in [4.69, 9.17) is 0 Å². The number of aryl methyl sites for hydroxylation is 1. The predicted molar refractivity (Wildman–Crippen MR) is 118 cm³/mol. The fourth-order valence-corrected chi connectivity index (χ4v) is 3.76. The van der Waals surface area contributed by atoms with E-state index in [0.29, 0.717) is 11.5 Å². The third-order valence-corrected chi connectivity index (χ3v) is 5.55. The maximum absolute atomic E-state index is 13.8. The number of rotatable bonds is 5. The van der Waals surface area contributed by atoms with Gasteiger partial charge in [-0.3, -0.25) is 4.79 Å². The molecule has 0 aliphatic carbocycles. The van der Waals surface area contributed by atoms with E-state index in [0.717, 1.165) is 16.8 Å². The minimum Gasteiger partial charge on any atom is -0.378 e. The van der Waals surface area contributed by atoms with Gasteiger partial charge in [-0.15, -0.1) is 0 Å². The van der Waals surface area contributed by atoms with Crippen LogP contribution in [0.15, 0.2) is 54.7 Å². The van der Waals surface area contributed by atoms with Gasteiger partial charge in [-0.1, -0.05) is 29.8 Å². The number of fused-ring (bicyclic) bond motifs is 1. The molecule has 162 valence electrons. The van der Waals surface area contributed by atoms with Gasteiger partial charge >= 0.3 is 0 Å². The second kappa shape index (κ2) is 8.37. The monoisotopic (exact) mass is 425 g/mol. The van der Waals surface area contributed by atoms with Crippen LogP contribution in [-0.2, 0) is 0 Å². The summed E-state index contributed by atoms with van der Waals surface area (Å²) in [6, 6.07) is 13.7. The molecular formula is C23H25F2N5O. The molecular weight excluding hydrogens is 400 g/mol. The molecule has 2 heterocycles. The van der Waals surface area contributed by atoms with Gasteiger partial charge in [-0.2, -0.15) is 5.10 Å². The molecule has 0 fully saturated rings. The van der Waals surface area contributed by atoms with Gasteiger partial charge < -0.3 is 15.5 Å². The quantitative estimate of drug-likeness (QED) is 0.612. The Labute approximate surface area is 179 Å². The highest BCUT2D eigenvalue weighted by molar-refractivity contribution is 6.07. The molecule has 0 saturated carbocycles. The summed E-state index contributed by atoms with van der Waals surface area (Å²) in [4.78, 5) is 14.9. The molecule has 0 saturated heterocycles. The average molecular weight is 425 g/mol. The van der Waals surface area contributed by atoms with Gasteiger partial charge in [0, 0.05) is 25.5 Å². The Morgan fingerprint density at radius 3 is 2.45 bits per heavy atom. The van der Waals surface area contributed by atoms with Crippen molar-refractivity contribution in [3.8, 4) is 0 Å². The minimum absolute atomic E-state index is 0.183. The Hall–Kier alpha value is -3.42. The van der Waals surface area contributed by atoms with E-state index in [-0.39, 0.29) is 18.0 Å². The van der Waals surface area contributed by atoms with Crippen molar-refractivity contribution in [2.24, 2.45) is 0 Å². The van der Waals surface area contributed by atoms with E-state index in [1.807, 2.05) is 62.3 Å². The van der Waals surface area contributed by atoms with Crippen molar-refractivity contribution in [1.82, 2.24) is 9.78 Å². The SMILES string of the molecule is Cc1ccc([C@@H]2C[C@@H](C(F)F)n3ncc(C(=O)Nc4ccc(N(C)C)cc4)c3N2)cc1. The molecule has 1 aliphatic heterocycles. The van der Waals surface area contributed by atoms with Crippen LogP contribution in [0.3, 0.4) is 0 Å². The first-order chi connectivity index (χ1) is 14.8. The highest BCUT2D eigenvalue weighted by Crippen LogP contribution is 2.39. The maximum atomic E-state index is 13.8. The molecule has 0 unspecified atom stereocenters. The van der Waals surface area contributed by atoms with Gasteiger partial charge in [0.15, 0.2) is 0 Å². The van der Waals surface area contributed by atoms with Crippen LogP contribution in [0.25, 0.3) is 0 Å². The van der Waals surface area contributed by atoms with E-state index in [9.17, 15) is 13.6 Å². The molecule has 8 heteroatoms. The van der Waals surface area contributed by atoms with E-state index >= 15 is 0 Å². The Balaban J connectivity index is 1.61. The van der Waals surface area contributed by atoms with Crippen molar-refractivity contribution >= 4 is 23.1 Å². The maximum Gasteiger partial charge on any atom is 0.261 e. The highest BCUT2D eigenvalue weighted by atomic mass is 19.3. The molecule has 3 aromatic rings. The predicted octanol–water partition coefficient (Wildman–Crippen LogP) is 4.87. The summed E-state index contributed by atoms with van der Waals surface area (Å²) in [5.41, 5.74) is 3.85. The van der Waals surface area contributed by atoms with E-state index in [2.05, 4.69) is 15.7 Å². The number of hydrogen-bond donors (Lipinski definition) is 2. The number of nitrogens with one attached hydrogen (secondary N) is 2. The summed E-state index contributed by atoms with van der Waals surface area (Å²) in [5.74, 6) is -0.0894. The van der Waals surface area contributed by atoms with Crippen LogP contribution in [0.5, 0.6) is 0 Å². The van der Waals surface area contributed by atoms with E-state index in [1.165, 1.54) is 10.9 Å². The molecule has 6 nitrogen and oxygen atoms in total. The van der Waals surface area contributed by atoms with Crippen molar-refractivity contribution < 1.29 is 13.6 Å². The first kappa shape index (κ1) is 20.8. The van der Waals surface area contributed by atoms with Crippen LogP contribution < -0.4 is 15.5 Å². The summed E-state index contributed by atoms with van der Waals surface area (Å²) in [5, 5.41) is 10.2. The first-order valence-electron chi connectivity index (χ1n) is 10.1. The Bertz CT molecular complexity index is 1060.